The topological polar surface area (TPSA) is 46.9 Å². The van der Waals surface area contributed by atoms with E-state index in [9.17, 15) is 4.79 Å². The predicted octanol–water partition coefficient (Wildman–Crippen LogP) is 3.41. The molecule has 1 amide bonds. The first kappa shape index (κ1) is 15.3. The highest BCUT2D eigenvalue weighted by Crippen LogP contribution is 2.15. The second kappa shape index (κ2) is 7.07. The van der Waals surface area contributed by atoms with Crippen molar-refractivity contribution in [2.75, 3.05) is 6.54 Å². The van der Waals surface area contributed by atoms with Crippen molar-refractivity contribution in [1.29, 1.82) is 0 Å². The Balaban J connectivity index is 2.11. The molecule has 0 bridgehead atoms. The Morgan fingerprint density at radius 3 is 2.81 bits per heavy atom. The molecule has 112 valence electrons. The van der Waals surface area contributed by atoms with Crippen molar-refractivity contribution in [2.45, 2.75) is 40.0 Å². The molecule has 0 radical (unpaired) electrons. The number of unbranched alkanes of at least 4 members (excludes halogenated alkanes) is 2. The van der Waals surface area contributed by atoms with Gasteiger partial charge in [-0.3, -0.25) is 4.79 Å². The molecule has 0 aliphatic heterocycles. The van der Waals surface area contributed by atoms with Crippen molar-refractivity contribution in [3.8, 4) is 5.69 Å². The summed E-state index contributed by atoms with van der Waals surface area (Å²) in [6.45, 7) is 6.85. The molecule has 1 aromatic carbocycles. The monoisotopic (exact) mass is 285 g/mol. The van der Waals surface area contributed by atoms with Gasteiger partial charge < -0.3 is 5.32 Å². The van der Waals surface area contributed by atoms with E-state index in [1.54, 1.807) is 6.20 Å². The van der Waals surface area contributed by atoms with Gasteiger partial charge in [0.2, 0.25) is 0 Å². The van der Waals surface area contributed by atoms with Gasteiger partial charge in [0.15, 0.2) is 0 Å². The van der Waals surface area contributed by atoms with Gasteiger partial charge in [-0.05, 0) is 38.0 Å². The first-order valence-corrected chi connectivity index (χ1v) is 7.53. The number of hydrogen-bond acceptors (Lipinski definition) is 2. The first-order chi connectivity index (χ1) is 10.1. The number of nitrogens with one attached hydrogen (secondary N) is 1. The molecular formula is C17H23N3O. The number of nitrogens with zero attached hydrogens (tertiary/aromatic N) is 2. The van der Waals surface area contributed by atoms with Crippen molar-refractivity contribution in [2.24, 2.45) is 0 Å². The average molecular weight is 285 g/mol. The van der Waals surface area contributed by atoms with Crippen LogP contribution in [0.15, 0.2) is 30.5 Å². The third-order valence-corrected chi connectivity index (χ3v) is 3.57. The van der Waals surface area contributed by atoms with E-state index in [-0.39, 0.29) is 5.91 Å². The van der Waals surface area contributed by atoms with Crippen LogP contribution >= 0.6 is 0 Å². The van der Waals surface area contributed by atoms with Gasteiger partial charge in [0.1, 0.15) is 0 Å². The van der Waals surface area contributed by atoms with Gasteiger partial charge in [-0.1, -0.05) is 31.9 Å². The Hall–Kier alpha value is -2.10. The zero-order chi connectivity index (χ0) is 15.2. The number of carbonyl (C=O) groups excluding carboxylic acids is 1. The van der Waals surface area contributed by atoms with E-state index in [4.69, 9.17) is 0 Å². The minimum Gasteiger partial charge on any atom is -0.352 e. The molecule has 1 aromatic heterocycles. The fourth-order valence-electron chi connectivity index (χ4n) is 2.32. The van der Waals surface area contributed by atoms with Gasteiger partial charge in [0.05, 0.1) is 23.1 Å². The molecule has 1 heterocycles. The number of aryl methyl sites for hydroxylation is 1. The Morgan fingerprint density at radius 1 is 1.29 bits per heavy atom. The number of benzene rings is 1. The van der Waals surface area contributed by atoms with Crippen molar-refractivity contribution < 1.29 is 4.79 Å². The predicted molar refractivity (Wildman–Crippen MR) is 84.9 cm³/mol. The lowest BCUT2D eigenvalue weighted by Gasteiger charge is -2.07. The highest BCUT2D eigenvalue weighted by atomic mass is 16.1. The van der Waals surface area contributed by atoms with Crippen LogP contribution in [0.1, 0.15) is 47.8 Å². The highest BCUT2D eigenvalue weighted by molar-refractivity contribution is 5.95. The van der Waals surface area contributed by atoms with Crippen molar-refractivity contribution in [3.63, 3.8) is 0 Å². The van der Waals surface area contributed by atoms with E-state index in [0.717, 1.165) is 37.2 Å². The summed E-state index contributed by atoms with van der Waals surface area (Å²) >= 11 is 0. The molecule has 0 saturated carbocycles. The van der Waals surface area contributed by atoms with Gasteiger partial charge in [0, 0.05) is 6.54 Å². The van der Waals surface area contributed by atoms with Crippen molar-refractivity contribution >= 4 is 5.91 Å². The van der Waals surface area contributed by atoms with Gasteiger partial charge in [-0.15, -0.1) is 0 Å². The Labute approximate surface area is 126 Å². The molecule has 0 fully saturated rings. The second-order valence-electron chi connectivity index (χ2n) is 5.36. The van der Waals surface area contributed by atoms with E-state index in [2.05, 4.69) is 23.4 Å². The lowest BCUT2D eigenvalue weighted by Crippen LogP contribution is -2.24. The van der Waals surface area contributed by atoms with Crippen LogP contribution in [0.25, 0.3) is 5.69 Å². The summed E-state index contributed by atoms with van der Waals surface area (Å²) in [4.78, 5) is 12.2. The maximum absolute atomic E-state index is 12.2. The van der Waals surface area contributed by atoms with Gasteiger partial charge in [-0.2, -0.15) is 5.10 Å². The molecule has 2 aromatic rings. The molecule has 0 saturated heterocycles. The standard InChI is InChI=1S/C17H23N3O/c1-4-5-6-10-18-17(21)16-12-19-20(14(16)3)15-9-7-8-13(2)11-15/h7-9,11-12H,4-6,10H2,1-3H3,(H,18,21). The summed E-state index contributed by atoms with van der Waals surface area (Å²) in [6, 6.07) is 8.10. The Kier molecular flexibility index (Phi) is 5.14. The SMILES string of the molecule is CCCCCNC(=O)c1cnn(-c2cccc(C)c2)c1C. The molecule has 0 unspecified atom stereocenters. The maximum atomic E-state index is 12.2. The summed E-state index contributed by atoms with van der Waals surface area (Å²) in [7, 11) is 0. The summed E-state index contributed by atoms with van der Waals surface area (Å²) in [5.41, 5.74) is 3.67. The van der Waals surface area contributed by atoms with Crippen LogP contribution in [0, 0.1) is 13.8 Å². The minimum atomic E-state index is -0.0393. The quantitative estimate of drug-likeness (QED) is 0.827. The zero-order valence-electron chi connectivity index (χ0n) is 13.0. The Bertz CT molecular complexity index is 616. The van der Waals surface area contributed by atoms with Crippen LogP contribution in [0.4, 0.5) is 0 Å². The van der Waals surface area contributed by atoms with Gasteiger partial charge in [0.25, 0.3) is 5.91 Å². The molecule has 0 atom stereocenters. The molecular weight excluding hydrogens is 262 g/mol. The molecule has 0 spiro atoms. The van der Waals surface area contributed by atoms with Crippen molar-refractivity contribution in [1.82, 2.24) is 15.1 Å². The molecule has 1 N–H and O–H groups in total. The number of hydrogen-bond donors (Lipinski definition) is 1. The normalized spacial score (nSPS) is 10.6. The average Bonchev–Trinajstić information content (AvgIpc) is 2.85. The zero-order valence-corrected chi connectivity index (χ0v) is 13.0. The second-order valence-corrected chi connectivity index (χ2v) is 5.36. The number of carbonyl (C=O) groups is 1. The van der Waals surface area contributed by atoms with Crippen molar-refractivity contribution in [3.05, 3.63) is 47.3 Å². The molecule has 4 heteroatoms. The fraction of sp³-hybridized carbons (Fsp3) is 0.412. The number of amides is 1. The van der Waals surface area contributed by atoms with Crippen LogP contribution in [0.5, 0.6) is 0 Å². The maximum Gasteiger partial charge on any atom is 0.254 e. The minimum absolute atomic E-state index is 0.0393. The number of aromatic nitrogens is 2. The lowest BCUT2D eigenvalue weighted by molar-refractivity contribution is 0.0952. The van der Waals surface area contributed by atoms with E-state index in [1.165, 1.54) is 5.56 Å². The van der Waals surface area contributed by atoms with Crippen LogP contribution < -0.4 is 5.32 Å². The first-order valence-electron chi connectivity index (χ1n) is 7.53. The van der Waals surface area contributed by atoms with E-state index >= 15 is 0 Å². The summed E-state index contributed by atoms with van der Waals surface area (Å²) < 4.78 is 1.81. The summed E-state index contributed by atoms with van der Waals surface area (Å²) in [5, 5.41) is 7.31. The van der Waals surface area contributed by atoms with Crippen LogP contribution in [-0.4, -0.2) is 22.2 Å². The smallest absolute Gasteiger partial charge is 0.254 e. The van der Waals surface area contributed by atoms with Gasteiger partial charge >= 0.3 is 0 Å². The molecule has 0 aliphatic carbocycles. The van der Waals surface area contributed by atoms with E-state index < -0.39 is 0 Å². The molecule has 21 heavy (non-hydrogen) atoms. The fourth-order valence-corrected chi connectivity index (χ4v) is 2.32. The highest BCUT2D eigenvalue weighted by Gasteiger charge is 2.14. The number of rotatable bonds is 6. The largest absolute Gasteiger partial charge is 0.352 e. The van der Waals surface area contributed by atoms with E-state index in [1.807, 2.05) is 36.7 Å². The van der Waals surface area contributed by atoms with Crippen LogP contribution in [-0.2, 0) is 0 Å². The molecule has 0 aliphatic rings. The Morgan fingerprint density at radius 2 is 2.10 bits per heavy atom. The third-order valence-electron chi connectivity index (χ3n) is 3.57. The van der Waals surface area contributed by atoms with Crippen LogP contribution in [0.3, 0.4) is 0 Å². The van der Waals surface area contributed by atoms with E-state index in [0.29, 0.717) is 5.56 Å². The molecule has 2 rings (SSSR count). The van der Waals surface area contributed by atoms with Gasteiger partial charge in [-0.25, -0.2) is 4.68 Å². The molecule has 4 nitrogen and oxygen atoms in total. The summed E-state index contributed by atoms with van der Waals surface area (Å²) in [6.07, 6.45) is 4.96. The van der Waals surface area contributed by atoms with Crippen LogP contribution in [0.2, 0.25) is 0 Å². The summed E-state index contributed by atoms with van der Waals surface area (Å²) in [5.74, 6) is -0.0393. The third kappa shape index (κ3) is 3.72. The lowest BCUT2D eigenvalue weighted by atomic mass is 10.2.